The SMILES string of the molecule is COc1cc(O)c2c(c1C)[C@H](C)C(O)(CSCC(O)C(=O)O)OC2=O. The summed E-state index contributed by atoms with van der Waals surface area (Å²) in [5.74, 6) is -5.09. The molecule has 0 radical (unpaired) electrons. The fourth-order valence-electron chi connectivity index (χ4n) is 2.80. The molecule has 9 heteroatoms. The molecule has 0 saturated carbocycles. The number of thioether (sulfide) groups is 1. The number of fused-ring (bicyclic) bond motifs is 1. The number of benzene rings is 1. The summed E-state index contributed by atoms with van der Waals surface area (Å²) in [6, 6.07) is 1.31. The molecular weight excluding hydrogens is 352 g/mol. The predicted octanol–water partition coefficient (Wildman–Crippen LogP) is 0.850. The average molecular weight is 372 g/mol. The Kier molecular flexibility index (Phi) is 5.50. The quantitative estimate of drug-likeness (QED) is 0.536. The van der Waals surface area contributed by atoms with Gasteiger partial charge in [0.25, 0.3) is 0 Å². The number of phenols is 1. The lowest BCUT2D eigenvalue weighted by atomic mass is 9.83. The van der Waals surface area contributed by atoms with Crippen LogP contribution in [0.25, 0.3) is 0 Å². The molecule has 2 rings (SSSR count). The smallest absolute Gasteiger partial charge is 0.344 e. The Morgan fingerprint density at radius 3 is 2.72 bits per heavy atom. The number of phenolic OH excluding ortho intramolecular Hbond substituents is 1. The van der Waals surface area contributed by atoms with E-state index in [9.17, 15) is 24.9 Å². The van der Waals surface area contributed by atoms with E-state index in [1.807, 2.05) is 0 Å². The molecule has 1 aromatic carbocycles. The van der Waals surface area contributed by atoms with Gasteiger partial charge in [-0.25, -0.2) is 9.59 Å². The van der Waals surface area contributed by atoms with Crippen LogP contribution < -0.4 is 4.74 Å². The van der Waals surface area contributed by atoms with Crippen molar-refractivity contribution < 1.29 is 39.5 Å². The van der Waals surface area contributed by atoms with E-state index in [2.05, 4.69) is 0 Å². The highest BCUT2D eigenvalue weighted by Crippen LogP contribution is 2.46. The number of methoxy groups -OCH3 is 1. The number of esters is 1. The fraction of sp³-hybridized carbons (Fsp3) is 0.500. The number of carboxylic acid groups (broad SMARTS) is 1. The fourth-order valence-corrected chi connectivity index (χ4v) is 3.88. The minimum Gasteiger partial charge on any atom is -0.507 e. The highest BCUT2D eigenvalue weighted by Gasteiger charge is 2.47. The van der Waals surface area contributed by atoms with Crippen LogP contribution in [-0.4, -0.2) is 62.9 Å². The third-order valence-electron chi connectivity index (χ3n) is 4.24. The van der Waals surface area contributed by atoms with E-state index < -0.39 is 29.7 Å². The maximum atomic E-state index is 12.3. The average Bonchev–Trinajstić information content (AvgIpc) is 2.54. The first-order valence-corrected chi connectivity index (χ1v) is 8.62. The van der Waals surface area contributed by atoms with Crippen molar-refractivity contribution in [3.8, 4) is 11.5 Å². The van der Waals surface area contributed by atoms with Crippen LogP contribution in [0.5, 0.6) is 11.5 Å². The summed E-state index contributed by atoms with van der Waals surface area (Å²) < 4.78 is 10.3. The molecule has 8 nitrogen and oxygen atoms in total. The summed E-state index contributed by atoms with van der Waals surface area (Å²) in [7, 11) is 1.43. The summed E-state index contributed by atoms with van der Waals surface area (Å²) in [5.41, 5.74) is 0.981. The van der Waals surface area contributed by atoms with Crippen LogP contribution in [0.2, 0.25) is 0 Å². The number of aromatic hydroxyl groups is 1. The maximum Gasteiger partial charge on any atom is 0.344 e. The number of aliphatic hydroxyl groups is 2. The topological polar surface area (TPSA) is 134 Å². The molecule has 0 aliphatic carbocycles. The van der Waals surface area contributed by atoms with Crippen LogP contribution in [0.15, 0.2) is 6.07 Å². The van der Waals surface area contributed by atoms with Gasteiger partial charge in [0.05, 0.1) is 12.9 Å². The number of carboxylic acids is 1. The Bertz CT molecular complexity index is 704. The highest BCUT2D eigenvalue weighted by atomic mass is 32.2. The van der Waals surface area contributed by atoms with Crippen LogP contribution in [0, 0.1) is 6.92 Å². The molecule has 1 aromatic rings. The lowest BCUT2D eigenvalue weighted by Gasteiger charge is -2.39. The van der Waals surface area contributed by atoms with Crippen molar-refractivity contribution in [3.05, 3.63) is 22.8 Å². The first-order chi connectivity index (χ1) is 11.6. The summed E-state index contributed by atoms with van der Waals surface area (Å²) in [5, 5.41) is 38.9. The van der Waals surface area contributed by atoms with Gasteiger partial charge in [0, 0.05) is 17.7 Å². The maximum absolute atomic E-state index is 12.3. The molecule has 3 atom stereocenters. The van der Waals surface area contributed by atoms with Crippen molar-refractivity contribution in [2.45, 2.75) is 31.7 Å². The lowest BCUT2D eigenvalue weighted by Crippen LogP contribution is -2.47. The minimum absolute atomic E-state index is 0.0222. The molecule has 0 bridgehead atoms. The van der Waals surface area contributed by atoms with E-state index in [4.69, 9.17) is 14.6 Å². The zero-order valence-corrected chi connectivity index (χ0v) is 14.8. The number of hydrogen-bond acceptors (Lipinski definition) is 8. The van der Waals surface area contributed by atoms with Gasteiger partial charge in [0.15, 0.2) is 6.10 Å². The van der Waals surface area contributed by atoms with Gasteiger partial charge in [-0.1, -0.05) is 6.92 Å². The Balaban J connectivity index is 2.33. The van der Waals surface area contributed by atoms with Crippen molar-refractivity contribution in [1.82, 2.24) is 0 Å². The standard InChI is InChI=1S/C16H20O8S/c1-7-11(23-3)4-9(17)13-12(7)8(2)16(22,24-15(13)21)6-25-5-10(18)14(19)20/h4,8,10,17-18,22H,5-6H2,1-3H3,(H,19,20)/t8-,10?,16?/m0/s1. The number of carbonyl (C=O) groups excluding carboxylic acids is 1. The van der Waals surface area contributed by atoms with Crippen molar-refractivity contribution in [2.24, 2.45) is 0 Å². The largest absolute Gasteiger partial charge is 0.507 e. The van der Waals surface area contributed by atoms with Gasteiger partial charge in [-0.05, 0) is 18.1 Å². The second-order valence-electron chi connectivity index (χ2n) is 5.84. The van der Waals surface area contributed by atoms with E-state index in [0.717, 1.165) is 11.8 Å². The molecule has 1 heterocycles. The van der Waals surface area contributed by atoms with Gasteiger partial charge in [0.1, 0.15) is 17.1 Å². The number of aliphatic carboxylic acids is 1. The number of cyclic esters (lactones) is 1. The van der Waals surface area contributed by atoms with Gasteiger partial charge in [-0.3, -0.25) is 0 Å². The number of carbonyl (C=O) groups is 2. The van der Waals surface area contributed by atoms with E-state index in [-0.39, 0.29) is 22.8 Å². The Morgan fingerprint density at radius 2 is 2.16 bits per heavy atom. The molecule has 1 aliphatic rings. The molecular formula is C16H20O8S. The molecule has 25 heavy (non-hydrogen) atoms. The summed E-state index contributed by atoms with van der Waals surface area (Å²) in [4.78, 5) is 22.9. The molecule has 0 spiro atoms. The Labute approximate surface area is 148 Å². The van der Waals surface area contributed by atoms with Crippen LogP contribution in [0.1, 0.15) is 34.3 Å². The summed E-state index contributed by atoms with van der Waals surface area (Å²) in [6.45, 7) is 3.33. The predicted molar refractivity (Wildman–Crippen MR) is 89.1 cm³/mol. The second kappa shape index (κ2) is 7.11. The lowest BCUT2D eigenvalue weighted by molar-refractivity contribution is -0.166. The van der Waals surface area contributed by atoms with Crippen LogP contribution >= 0.6 is 11.8 Å². The Morgan fingerprint density at radius 1 is 1.52 bits per heavy atom. The van der Waals surface area contributed by atoms with Crippen molar-refractivity contribution >= 4 is 23.7 Å². The first-order valence-electron chi connectivity index (χ1n) is 7.47. The normalized spacial score (nSPS) is 23.6. The van der Waals surface area contributed by atoms with Crippen molar-refractivity contribution in [1.29, 1.82) is 0 Å². The minimum atomic E-state index is -1.91. The first kappa shape index (κ1) is 19.4. The molecule has 0 amide bonds. The third-order valence-corrected chi connectivity index (χ3v) is 5.41. The van der Waals surface area contributed by atoms with E-state index in [0.29, 0.717) is 16.9 Å². The second-order valence-corrected chi connectivity index (χ2v) is 6.87. The van der Waals surface area contributed by atoms with Gasteiger partial charge in [-0.2, -0.15) is 11.8 Å². The van der Waals surface area contributed by atoms with Crippen LogP contribution in [0.3, 0.4) is 0 Å². The van der Waals surface area contributed by atoms with Gasteiger partial charge < -0.3 is 29.9 Å². The van der Waals surface area contributed by atoms with Gasteiger partial charge in [-0.15, -0.1) is 0 Å². The summed E-state index contributed by atoms with van der Waals surface area (Å²) in [6.07, 6.45) is -1.58. The molecule has 2 unspecified atom stereocenters. The van der Waals surface area contributed by atoms with Gasteiger partial charge >= 0.3 is 11.9 Å². The number of ether oxygens (including phenoxy) is 2. The molecule has 0 saturated heterocycles. The number of aliphatic hydroxyl groups excluding tert-OH is 1. The van der Waals surface area contributed by atoms with Crippen LogP contribution in [-0.2, 0) is 9.53 Å². The summed E-state index contributed by atoms with van der Waals surface area (Å²) >= 11 is 0.944. The highest BCUT2D eigenvalue weighted by molar-refractivity contribution is 7.99. The van der Waals surface area contributed by atoms with E-state index in [1.54, 1.807) is 13.8 Å². The van der Waals surface area contributed by atoms with E-state index >= 15 is 0 Å². The molecule has 4 N–H and O–H groups in total. The molecule has 0 fully saturated rings. The van der Waals surface area contributed by atoms with Gasteiger partial charge in [0.2, 0.25) is 5.79 Å². The molecule has 0 aromatic heterocycles. The zero-order valence-electron chi connectivity index (χ0n) is 14.0. The van der Waals surface area contributed by atoms with Crippen LogP contribution in [0.4, 0.5) is 0 Å². The van der Waals surface area contributed by atoms with E-state index in [1.165, 1.54) is 13.2 Å². The molecule has 138 valence electrons. The van der Waals surface area contributed by atoms with Crippen molar-refractivity contribution in [2.75, 3.05) is 18.6 Å². The Hall–Kier alpha value is -1.97. The number of hydrogen-bond donors (Lipinski definition) is 4. The number of rotatable bonds is 6. The third kappa shape index (κ3) is 3.53. The zero-order chi connectivity index (χ0) is 18.9. The molecule has 1 aliphatic heterocycles. The van der Waals surface area contributed by atoms with Crippen molar-refractivity contribution in [3.63, 3.8) is 0 Å². The monoisotopic (exact) mass is 372 g/mol.